The average molecular weight is 300 g/mol. The number of rotatable bonds is 4. The first-order valence-corrected chi connectivity index (χ1v) is 7.17. The van der Waals surface area contributed by atoms with Gasteiger partial charge in [-0.1, -0.05) is 12.1 Å². The molecule has 0 unspecified atom stereocenters. The molecule has 2 aromatic heterocycles. The molecule has 3 aromatic rings. The van der Waals surface area contributed by atoms with E-state index in [0.29, 0.717) is 21.5 Å². The van der Waals surface area contributed by atoms with Crippen molar-refractivity contribution in [2.24, 2.45) is 0 Å². The molecule has 0 N–H and O–H groups in total. The van der Waals surface area contributed by atoms with Gasteiger partial charge in [-0.3, -0.25) is 14.2 Å². The monoisotopic (exact) mass is 300 g/mol. The van der Waals surface area contributed by atoms with E-state index in [1.807, 2.05) is 5.38 Å². The maximum Gasteiger partial charge on any atom is 0.262 e. The second-order valence-corrected chi connectivity index (χ2v) is 5.37. The van der Waals surface area contributed by atoms with Crippen LogP contribution in [0.4, 0.5) is 0 Å². The molecule has 0 amide bonds. The Morgan fingerprint density at radius 1 is 1.38 bits per heavy atom. The number of nitrogens with zero attached hydrogens (tertiary/aromatic N) is 2. The van der Waals surface area contributed by atoms with E-state index in [4.69, 9.17) is 4.74 Å². The van der Waals surface area contributed by atoms with Crippen molar-refractivity contribution in [1.82, 2.24) is 9.55 Å². The number of hydrogen-bond donors (Lipinski definition) is 0. The van der Waals surface area contributed by atoms with Gasteiger partial charge in [-0.25, -0.2) is 4.98 Å². The van der Waals surface area contributed by atoms with E-state index >= 15 is 0 Å². The molecule has 0 bridgehead atoms. The van der Waals surface area contributed by atoms with Gasteiger partial charge in [-0.2, -0.15) is 0 Å². The lowest BCUT2D eigenvalue weighted by atomic mass is 10.1. The van der Waals surface area contributed by atoms with Crippen LogP contribution >= 0.6 is 11.3 Å². The first kappa shape index (κ1) is 13.5. The number of aromatic nitrogens is 2. The van der Waals surface area contributed by atoms with Crippen molar-refractivity contribution in [3.8, 4) is 5.75 Å². The fourth-order valence-electron chi connectivity index (χ4n) is 2.05. The lowest BCUT2D eigenvalue weighted by molar-refractivity contribution is 0.0970. The third-order valence-electron chi connectivity index (χ3n) is 3.16. The summed E-state index contributed by atoms with van der Waals surface area (Å²) in [4.78, 5) is 29.4. The zero-order valence-corrected chi connectivity index (χ0v) is 12.1. The van der Waals surface area contributed by atoms with Gasteiger partial charge >= 0.3 is 0 Å². The minimum atomic E-state index is -0.197. The quantitative estimate of drug-likeness (QED) is 0.694. The average Bonchev–Trinajstić information content (AvgIpc) is 2.99. The summed E-state index contributed by atoms with van der Waals surface area (Å²) in [5.41, 5.74) is 0.309. The Labute approximate surface area is 124 Å². The van der Waals surface area contributed by atoms with E-state index in [-0.39, 0.29) is 17.9 Å². The summed E-state index contributed by atoms with van der Waals surface area (Å²) < 4.78 is 6.42. The van der Waals surface area contributed by atoms with Crippen LogP contribution in [0.5, 0.6) is 5.75 Å². The van der Waals surface area contributed by atoms with Gasteiger partial charge in [0.2, 0.25) is 0 Å². The molecule has 0 spiro atoms. The number of hydrogen-bond acceptors (Lipinski definition) is 5. The topological polar surface area (TPSA) is 61.2 Å². The Balaban J connectivity index is 1.92. The zero-order valence-electron chi connectivity index (χ0n) is 11.3. The fraction of sp³-hybridized carbons (Fsp3) is 0.133. The van der Waals surface area contributed by atoms with E-state index in [1.54, 1.807) is 37.4 Å². The highest BCUT2D eigenvalue weighted by Crippen LogP contribution is 2.15. The maximum absolute atomic E-state index is 12.3. The summed E-state index contributed by atoms with van der Waals surface area (Å²) in [5, 5.41) is 2.36. The third kappa shape index (κ3) is 2.57. The molecule has 0 saturated carbocycles. The third-order valence-corrected chi connectivity index (χ3v) is 3.98. The second kappa shape index (κ2) is 5.49. The Kier molecular flexibility index (Phi) is 3.53. The van der Waals surface area contributed by atoms with Crippen molar-refractivity contribution in [3.05, 3.63) is 58.0 Å². The molecule has 0 aliphatic carbocycles. The predicted octanol–water partition coefficient (Wildman–Crippen LogP) is 2.35. The van der Waals surface area contributed by atoms with Crippen molar-refractivity contribution < 1.29 is 9.53 Å². The van der Waals surface area contributed by atoms with Crippen molar-refractivity contribution in [1.29, 1.82) is 0 Å². The molecule has 0 atom stereocenters. The van der Waals surface area contributed by atoms with E-state index in [2.05, 4.69) is 4.98 Å². The molecule has 2 heterocycles. The van der Waals surface area contributed by atoms with Crippen molar-refractivity contribution in [2.75, 3.05) is 7.11 Å². The number of ketones is 1. The van der Waals surface area contributed by atoms with Crippen LogP contribution in [0, 0.1) is 0 Å². The number of benzene rings is 1. The highest BCUT2D eigenvalue weighted by Gasteiger charge is 2.11. The minimum absolute atomic E-state index is 0.0369. The number of carbonyl (C=O) groups excluding carboxylic acids is 1. The van der Waals surface area contributed by atoms with E-state index < -0.39 is 0 Å². The van der Waals surface area contributed by atoms with Gasteiger partial charge in [0.25, 0.3) is 5.56 Å². The number of thiophene rings is 1. The maximum atomic E-state index is 12.3. The zero-order chi connectivity index (χ0) is 14.8. The van der Waals surface area contributed by atoms with Gasteiger partial charge in [-0.05, 0) is 23.6 Å². The van der Waals surface area contributed by atoms with Crippen LogP contribution in [0.15, 0.2) is 46.8 Å². The number of carbonyl (C=O) groups is 1. The summed E-state index contributed by atoms with van der Waals surface area (Å²) in [7, 11) is 1.54. The van der Waals surface area contributed by atoms with E-state index in [1.165, 1.54) is 22.2 Å². The Hall–Kier alpha value is -2.47. The summed E-state index contributed by atoms with van der Waals surface area (Å²) in [5.74, 6) is 0.451. The minimum Gasteiger partial charge on any atom is -0.497 e. The molecule has 1 aromatic carbocycles. The molecule has 0 aliphatic heterocycles. The predicted molar refractivity (Wildman–Crippen MR) is 81.2 cm³/mol. The van der Waals surface area contributed by atoms with Gasteiger partial charge < -0.3 is 4.74 Å². The molecule has 106 valence electrons. The molecule has 6 heteroatoms. The second-order valence-electron chi connectivity index (χ2n) is 4.47. The van der Waals surface area contributed by atoms with Crippen LogP contribution in [0.2, 0.25) is 0 Å². The standard InChI is InChI=1S/C15H12N2O3S/c1-20-11-4-2-3-10(7-11)13(18)8-17-9-16-14-12(15(17)19)5-6-21-14/h2-7,9H,8H2,1H3. The summed E-state index contributed by atoms with van der Waals surface area (Å²) in [6.07, 6.45) is 1.42. The number of Topliss-reactive ketones (excluding diaryl/α,β-unsaturated/α-hetero) is 1. The van der Waals surface area contributed by atoms with Crippen LogP contribution in [0.3, 0.4) is 0 Å². The molecule has 0 saturated heterocycles. The SMILES string of the molecule is COc1cccc(C(=O)Cn2cnc3sccc3c2=O)c1. The molecule has 0 aliphatic rings. The fourth-order valence-corrected chi connectivity index (χ4v) is 2.77. The molecule has 3 rings (SSSR count). The number of methoxy groups -OCH3 is 1. The molecule has 5 nitrogen and oxygen atoms in total. The van der Waals surface area contributed by atoms with Gasteiger partial charge in [0.15, 0.2) is 5.78 Å². The van der Waals surface area contributed by atoms with Gasteiger partial charge in [-0.15, -0.1) is 11.3 Å². The summed E-state index contributed by atoms with van der Waals surface area (Å²) in [6, 6.07) is 8.59. The Morgan fingerprint density at radius 2 is 2.24 bits per heavy atom. The van der Waals surface area contributed by atoms with Crippen molar-refractivity contribution in [2.45, 2.75) is 6.54 Å². The van der Waals surface area contributed by atoms with Crippen LogP contribution in [0.1, 0.15) is 10.4 Å². The Bertz CT molecular complexity index is 866. The van der Waals surface area contributed by atoms with Gasteiger partial charge in [0.1, 0.15) is 10.6 Å². The van der Waals surface area contributed by atoms with Crippen molar-refractivity contribution >= 4 is 27.3 Å². The van der Waals surface area contributed by atoms with Crippen LogP contribution in [0.25, 0.3) is 10.2 Å². The molecular formula is C15H12N2O3S. The smallest absolute Gasteiger partial charge is 0.262 e. The molecule has 0 radical (unpaired) electrons. The normalized spacial score (nSPS) is 10.7. The highest BCUT2D eigenvalue weighted by molar-refractivity contribution is 7.16. The largest absolute Gasteiger partial charge is 0.497 e. The van der Waals surface area contributed by atoms with Gasteiger partial charge in [0.05, 0.1) is 25.4 Å². The van der Waals surface area contributed by atoms with Crippen LogP contribution in [-0.4, -0.2) is 22.4 Å². The number of fused-ring (bicyclic) bond motifs is 1. The summed E-state index contributed by atoms with van der Waals surface area (Å²) >= 11 is 1.40. The highest BCUT2D eigenvalue weighted by atomic mass is 32.1. The molecular weight excluding hydrogens is 288 g/mol. The number of ether oxygens (including phenoxy) is 1. The van der Waals surface area contributed by atoms with Crippen molar-refractivity contribution in [3.63, 3.8) is 0 Å². The molecule has 21 heavy (non-hydrogen) atoms. The van der Waals surface area contributed by atoms with E-state index in [0.717, 1.165) is 0 Å². The van der Waals surface area contributed by atoms with E-state index in [9.17, 15) is 9.59 Å². The van der Waals surface area contributed by atoms with Crippen LogP contribution < -0.4 is 10.3 Å². The lowest BCUT2D eigenvalue weighted by Crippen LogP contribution is -2.24. The first-order chi connectivity index (χ1) is 10.2. The summed E-state index contributed by atoms with van der Waals surface area (Å²) in [6.45, 7) is -0.0369. The van der Waals surface area contributed by atoms with Crippen LogP contribution in [-0.2, 0) is 6.54 Å². The molecule has 0 fully saturated rings. The van der Waals surface area contributed by atoms with Gasteiger partial charge in [0, 0.05) is 5.56 Å². The lowest BCUT2D eigenvalue weighted by Gasteiger charge is -2.06. The Morgan fingerprint density at radius 3 is 3.05 bits per heavy atom. The first-order valence-electron chi connectivity index (χ1n) is 6.29.